The molecule has 0 bridgehead atoms. The van der Waals surface area contributed by atoms with Gasteiger partial charge in [-0.1, -0.05) is 37.2 Å². The Morgan fingerprint density at radius 1 is 1.07 bits per heavy atom. The van der Waals surface area contributed by atoms with Gasteiger partial charge in [-0.25, -0.2) is 9.78 Å². The molecule has 1 N–H and O–H groups in total. The van der Waals surface area contributed by atoms with E-state index in [0.29, 0.717) is 24.8 Å². The lowest BCUT2D eigenvalue weighted by atomic mass is 10.2. The normalized spacial score (nSPS) is 14.3. The highest BCUT2D eigenvalue weighted by Crippen LogP contribution is 2.21. The molecule has 0 radical (unpaired) electrons. The van der Waals surface area contributed by atoms with Gasteiger partial charge in [0.2, 0.25) is 11.7 Å². The lowest BCUT2D eigenvalue weighted by Gasteiger charge is -2.35. The summed E-state index contributed by atoms with van der Waals surface area (Å²) in [6.45, 7) is 6.77. The van der Waals surface area contributed by atoms with Crippen molar-refractivity contribution in [2.75, 3.05) is 36.4 Å². The highest BCUT2D eigenvalue weighted by atomic mass is 16.5. The Labute approximate surface area is 169 Å². The van der Waals surface area contributed by atoms with Gasteiger partial charge >= 0.3 is 6.03 Å². The van der Waals surface area contributed by atoms with Gasteiger partial charge in [-0.2, -0.15) is 4.98 Å². The average Bonchev–Trinajstić information content (AvgIpc) is 3.25. The molecule has 8 nitrogen and oxygen atoms in total. The number of carbonyl (C=O) groups is 1. The molecule has 1 aliphatic rings. The monoisotopic (exact) mass is 392 g/mol. The second-order valence-corrected chi connectivity index (χ2v) is 7.29. The van der Waals surface area contributed by atoms with E-state index < -0.39 is 0 Å². The fraction of sp³-hybridized carbons (Fsp3) is 0.333. The molecular formula is C21H24N6O2. The average molecular weight is 392 g/mol. The molecule has 29 heavy (non-hydrogen) atoms. The van der Waals surface area contributed by atoms with E-state index in [0.717, 1.165) is 30.2 Å². The molecule has 0 spiro atoms. The molecule has 1 fully saturated rings. The Hall–Kier alpha value is -3.42. The standard InChI is InChI=1S/C21H24N6O2/c1-15(2)20-24-19(25-29-20)16-8-9-18(22-14-16)26-10-12-27(13-11-26)21(28)23-17-6-4-3-5-7-17/h3-9,14-15H,10-13H2,1-2H3,(H,23,28). The zero-order valence-electron chi connectivity index (χ0n) is 16.6. The van der Waals surface area contributed by atoms with E-state index in [4.69, 9.17) is 4.52 Å². The second-order valence-electron chi connectivity index (χ2n) is 7.29. The topological polar surface area (TPSA) is 87.4 Å². The molecule has 1 aliphatic heterocycles. The van der Waals surface area contributed by atoms with Crippen LogP contribution < -0.4 is 10.2 Å². The minimum Gasteiger partial charge on any atom is -0.353 e. The van der Waals surface area contributed by atoms with Crippen molar-refractivity contribution in [3.8, 4) is 11.4 Å². The molecule has 1 saturated heterocycles. The number of para-hydroxylation sites is 1. The molecule has 8 heteroatoms. The highest BCUT2D eigenvalue weighted by molar-refractivity contribution is 5.89. The molecule has 2 amide bonds. The number of carbonyl (C=O) groups excluding carboxylic acids is 1. The van der Waals surface area contributed by atoms with Gasteiger partial charge < -0.3 is 19.6 Å². The van der Waals surface area contributed by atoms with Crippen LogP contribution >= 0.6 is 0 Å². The van der Waals surface area contributed by atoms with Crippen LogP contribution in [0.5, 0.6) is 0 Å². The highest BCUT2D eigenvalue weighted by Gasteiger charge is 2.22. The van der Waals surface area contributed by atoms with Gasteiger partial charge in [-0.3, -0.25) is 0 Å². The second kappa shape index (κ2) is 8.30. The molecule has 150 valence electrons. The Kier molecular flexibility index (Phi) is 5.41. The quantitative estimate of drug-likeness (QED) is 0.730. The summed E-state index contributed by atoms with van der Waals surface area (Å²) in [5, 5.41) is 6.95. The molecule has 4 rings (SSSR count). The first-order valence-electron chi connectivity index (χ1n) is 9.76. The summed E-state index contributed by atoms with van der Waals surface area (Å²) < 4.78 is 5.26. The van der Waals surface area contributed by atoms with Gasteiger partial charge in [0.05, 0.1) is 0 Å². The summed E-state index contributed by atoms with van der Waals surface area (Å²) in [4.78, 5) is 25.4. The van der Waals surface area contributed by atoms with E-state index in [-0.39, 0.29) is 11.9 Å². The Balaban J connectivity index is 1.34. The first-order valence-corrected chi connectivity index (χ1v) is 9.76. The van der Waals surface area contributed by atoms with Crippen molar-refractivity contribution in [1.82, 2.24) is 20.0 Å². The van der Waals surface area contributed by atoms with Crippen LogP contribution in [0.2, 0.25) is 0 Å². The Bertz CT molecular complexity index is 947. The Morgan fingerprint density at radius 2 is 1.83 bits per heavy atom. The van der Waals surface area contributed by atoms with E-state index in [2.05, 4.69) is 25.3 Å². The van der Waals surface area contributed by atoms with E-state index in [9.17, 15) is 4.79 Å². The summed E-state index contributed by atoms with van der Waals surface area (Å²) in [5.74, 6) is 2.24. The SMILES string of the molecule is CC(C)c1nc(-c2ccc(N3CCN(C(=O)Nc4ccccc4)CC3)nc2)no1. The summed E-state index contributed by atoms with van der Waals surface area (Å²) in [6.07, 6.45) is 1.76. The lowest BCUT2D eigenvalue weighted by molar-refractivity contribution is 0.208. The number of nitrogens with zero attached hydrogens (tertiary/aromatic N) is 5. The third-order valence-corrected chi connectivity index (χ3v) is 4.86. The number of amides is 2. The first-order chi connectivity index (χ1) is 14.1. The number of urea groups is 1. The van der Waals surface area contributed by atoms with Crippen LogP contribution in [-0.2, 0) is 0 Å². The van der Waals surface area contributed by atoms with Gasteiger partial charge in [0, 0.05) is 49.5 Å². The van der Waals surface area contributed by atoms with Crippen molar-refractivity contribution < 1.29 is 9.32 Å². The van der Waals surface area contributed by atoms with Gasteiger partial charge in [-0.05, 0) is 24.3 Å². The zero-order chi connectivity index (χ0) is 20.2. The zero-order valence-corrected chi connectivity index (χ0v) is 16.6. The third kappa shape index (κ3) is 4.37. The summed E-state index contributed by atoms with van der Waals surface area (Å²) >= 11 is 0. The van der Waals surface area contributed by atoms with E-state index in [1.165, 1.54) is 0 Å². The molecule has 0 atom stereocenters. The fourth-order valence-corrected chi connectivity index (χ4v) is 3.16. The molecule has 3 heterocycles. The van der Waals surface area contributed by atoms with Crippen molar-refractivity contribution in [1.29, 1.82) is 0 Å². The minimum atomic E-state index is -0.0720. The molecular weight excluding hydrogens is 368 g/mol. The third-order valence-electron chi connectivity index (χ3n) is 4.86. The van der Waals surface area contributed by atoms with Crippen molar-refractivity contribution in [2.24, 2.45) is 0 Å². The van der Waals surface area contributed by atoms with Crippen LogP contribution in [0.15, 0.2) is 53.2 Å². The smallest absolute Gasteiger partial charge is 0.321 e. The van der Waals surface area contributed by atoms with Gasteiger partial charge in [0.15, 0.2) is 0 Å². The minimum absolute atomic E-state index is 0.0720. The molecule has 2 aromatic heterocycles. The number of hydrogen-bond acceptors (Lipinski definition) is 6. The lowest BCUT2D eigenvalue weighted by Crippen LogP contribution is -2.50. The maximum absolute atomic E-state index is 12.4. The van der Waals surface area contributed by atoms with Gasteiger partial charge in [-0.15, -0.1) is 0 Å². The summed E-state index contributed by atoms with van der Waals surface area (Å²) in [6, 6.07) is 13.3. The maximum Gasteiger partial charge on any atom is 0.321 e. The number of hydrogen-bond donors (Lipinski definition) is 1. The van der Waals surface area contributed by atoms with Crippen molar-refractivity contribution >= 4 is 17.5 Å². The van der Waals surface area contributed by atoms with Crippen LogP contribution in [0.3, 0.4) is 0 Å². The molecule has 0 saturated carbocycles. The van der Waals surface area contributed by atoms with Crippen LogP contribution in [0, 0.1) is 0 Å². The number of rotatable bonds is 4. The number of pyridine rings is 1. The van der Waals surface area contributed by atoms with Gasteiger partial charge in [0.25, 0.3) is 0 Å². The van der Waals surface area contributed by atoms with E-state index >= 15 is 0 Å². The summed E-state index contributed by atoms with van der Waals surface area (Å²) in [5.41, 5.74) is 1.63. The molecule has 1 aromatic carbocycles. The molecule has 0 unspecified atom stereocenters. The Morgan fingerprint density at radius 3 is 2.45 bits per heavy atom. The van der Waals surface area contributed by atoms with Crippen molar-refractivity contribution in [3.05, 3.63) is 54.6 Å². The maximum atomic E-state index is 12.4. The van der Waals surface area contributed by atoms with Crippen LogP contribution in [0.1, 0.15) is 25.7 Å². The van der Waals surface area contributed by atoms with Gasteiger partial charge in [0.1, 0.15) is 5.82 Å². The molecule has 3 aromatic rings. The summed E-state index contributed by atoms with van der Waals surface area (Å²) in [7, 11) is 0. The van der Waals surface area contributed by atoms with Crippen LogP contribution in [-0.4, -0.2) is 52.2 Å². The van der Waals surface area contributed by atoms with Crippen molar-refractivity contribution in [3.63, 3.8) is 0 Å². The predicted octanol–water partition coefficient (Wildman–Crippen LogP) is 3.61. The van der Waals surface area contributed by atoms with E-state index in [1.807, 2.05) is 61.2 Å². The number of anilines is 2. The number of aromatic nitrogens is 3. The van der Waals surface area contributed by atoms with E-state index in [1.54, 1.807) is 6.20 Å². The number of benzene rings is 1. The number of nitrogens with one attached hydrogen (secondary N) is 1. The predicted molar refractivity (Wildman–Crippen MR) is 111 cm³/mol. The largest absolute Gasteiger partial charge is 0.353 e. The van der Waals surface area contributed by atoms with Crippen LogP contribution in [0.25, 0.3) is 11.4 Å². The van der Waals surface area contributed by atoms with Crippen molar-refractivity contribution in [2.45, 2.75) is 19.8 Å². The number of piperazine rings is 1. The van der Waals surface area contributed by atoms with Crippen LogP contribution in [0.4, 0.5) is 16.3 Å². The molecule has 0 aliphatic carbocycles. The first kappa shape index (κ1) is 18.9. The fourth-order valence-electron chi connectivity index (χ4n) is 3.16.